The van der Waals surface area contributed by atoms with Crippen LogP contribution in [0.5, 0.6) is 0 Å². The standard InChI is InChI=1S/C6H5O3S.Hg/c7-10(8,9)6-4-2-1-3-5-6;/h2-5H,(H,7,8,9);. The van der Waals surface area contributed by atoms with Gasteiger partial charge in [0.25, 0.3) is 0 Å². The maximum atomic E-state index is 10.5. The molecule has 0 heterocycles. The third-order valence-electron chi connectivity index (χ3n) is 1.22. The third-order valence-corrected chi connectivity index (χ3v) is 3.92. The van der Waals surface area contributed by atoms with Gasteiger partial charge in [-0.05, 0) is 0 Å². The van der Waals surface area contributed by atoms with Gasteiger partial charge in [0.2, 0.25) is 0 Å². The van der Waals surface area contributed by atoms with Gasteiger partial charge in [0.05, 0.1) is 0 Å². The molecule has 0 amide bonds. The van der Waals surface area contributed by atoms with Crippen molar-refractivity contribution in [1.29, 1.82) is 0 Å². The summed E-state index contributed by atoms with van der Waals surface area (Å²) in [6.07, 6.45) is 0. The van der Waals surface area contributed by atoms with E-state index in [1.54, 1.807) is 12.1 Å². The van der Waals surface area contributed by atoms with Gasteiger partial charge in [-0.1, -0.05) is 0 Å². The monoisotopic (exact) mass is 359 g/mol. The SMILES string of the molecule is O=S(=O)(O)c1cc[c]([Hg])cc1. The van der Waals surface area contributed by atoms with Crippen molar-refractivity contribution in [3.63, 3.8) is 0 Å². The van der Waals surface area contributed by atoms with Gasteiger partial charge in [-0.3, -0.25) is 0 Å². The summed E-state index contributed by atoms with van der Waals surface area (Å²) in [5.74, 6) is 0. The Hall–Kier alpha value is 0.0651. The molecule has 1 N–H and O–H groups in total. The second kappa shape index (κ2) is 3.20. The normalized spacial score (nSPS) is 11.5. The molecule has 3 nitrogen and oxygen atoms in total. The summed E-state index contributed by atoms with van der Waals surface area (Å²) in [6.45, 7) is 0. The fourth-order valence-corrected chi connectivity index (χ4v) is 2.06. The van der Waals surface area contributed by atoms with Gasteiger partial charge < -0.3 is 0 Å². The predicted molar refractivity (Wildman–Crippen MR) is 35.9 cm³/mol. The van der Waals surface area contributed by atoms with Crippen LogP contribution in [0.3, 0.4) is 0 Å². The second-order valence-electron chi connectivity index (χ2n) is 2.12. The van der Waals surface area contributed by atoms with Crippen LogP contribution < -0.4 is 3.07 Å². The summed E-state index contributed by atoms with van der Waals surface area (Å²) in [5.41, 5.74) is 0. The van der Waals surface area contributed by atoms with Crippen molar-refractivity contribution >= 4 is 13.2 Å². The second-order valence-corrected chi connectivity index (χ2v) is 6.71. The van der Waals surface area contributed by atoms with E-state index >= 15 is 0 Å². The molecule has 1 rings (SSSR count). The van der Waals surface area contributed by atoms with E-state index in [4.69, 9.17) is 4.55 Å². The van der Waals surface area contributed by atoms with Crippen LogP contribution in [0.15, 0.2) is 29.2 Å². The molecule has 55 valence electrons. The van der Waals surface area contributed by atoms with Crippen molar-refractivity contribution in [2.75, 3.05) is 0 Å². The average Bonchev–Trinajstić information content (AvgIpc) is 1.86. The first kappa shape index (κ1) is 9.16. The van der Waals surface area contributed by atoms with Gasteiger partial charge >= 0.3 is 81.4 Å². The van der Waals surface area contributed by atoms with Crippen LogP contribution in [0.25, 0.3) is 0 Å². The molecule has 11 heavy (non-hydrogen) atoms. The Morgan fingerprint density at radius 3 is 2.00 bits per heavy atom. The van der Waals surface area contributed by atoms with Gasteiger partial charge in [0.1, 0.15) is 0 Å². The van der Waals surface area contributed by atoms with Crippen LogP contribution in [0.4, 0.5) is 0 Å². The van der Waals surface area contributed by atoms with E-state index in [1.165, 1.54) is 12.1 Å². The molecule has 0 spiro atoms. The molecule has 0 atom stereocenters. The van der Waals surface area contributed by atoms with Gasteiger partial charge in [-0.25, -0.2) is 0 Å². The average molecular weight is 358 g/mol. The number of hydrogen-bond donors (Lipinski definition) is 1. The molecular formula is C6H5HgO3S. The summed E-state index contributed by atoms with van der Waals surface area (Å²) < 4.78 is 30.7. The van der Waals surface area contributed by atoms with E-state index < -0.39 is 10.1 Å². The van der Waals surface area contributed by atoms with Crippen LogP contribution in [-0.4, -0.2) is 13.0 Å². The molecule has 0 saturated carbocycles. The van der Waals surface area contributed by atoms with Gasteiger partial charge in [0, 0.05) is 0 Å². The fourth-order valence-electron chi connectivity index (χ4n) is 0.661. The Kier molecular flexibility index (Phi) is 2.67. The van der Waals surface area contributed by atoms with Crippen molar-refractivity contribution in [3.05, 3.63) is 24.3 Å². The molecule has 5 heteroatoms. The zero-order chi connectivity index (χ0) is 8.48. The number of benzene rings is 1. The molecule has 0 unspecified atom stereocenters. The summed E-state index contributed by atoms with van der Waals surface area (Å²) in [5, 5.41) is 0. The third kappa shape index (κ3) is 2.54. The molecule has 0 fully saturated rings. The first-order chi connectivity index (χ1) is 5.00. The molecule has 0 saturated heterocycles. The summed E-state index contributed by atoms with van der Waals surface area (Å²) >= 11 is 0.498. The van der Waals surface area contributed by atoms with E-state index in [0.29, 0.717) is 26.1 Å². The van der Waals surface area contributed by atoms with Crippen molar-refractivity contribution in [2.45, 2.75) is 4.90 Å². The molecule has 0 aliphatic heterocycles. The Morgan fingerprint density at radius 1 is 1.18 bits per heavy atom. The minimum absolute atomic E-state index is 0.0355. The first-order valence-corrected chi connectivity index (χ1v) is 7.08. The molecule has 1 aromatic carbocycles. The molecule has 0 bridgehead atoms. The molecule has 0 radical (unpaired) electrons. The Labute approximate surface area is 81.2 Å². The van der Waals surface area contributed by atoms with Gasteiger partial charge in [0.15, 0.2) is 0 Å². The van der Waals surface area contributed by atoms with Crippen LogP contribution in [0, 0.1) is 0 Å². The molecule has 0 aromatic heterocycles. The zero-order valence-electron chi connectivity index (χ0n) is 5.69. The molecule has 0 aliphatic rings. The Bertz CT molecular complexity index is 341. The van der Waals surface area contributed by atoms with Crippen molar-refractivity contribution < 1.29 is 39.1 Å². The molecular weight excluding hydrogens is 353 g/mol. The van der Waals surface area contributed by atoms with Crippen molar-refractivity contribution in [1.82, 2.24) is 0 Å². The quantitative estimate of drug-likeness (QED) is 0.573. The van der Waals surface area contributed by atoms with Crippen LogP contribution in [-0.2, 0) is 36.2 Å². The van der Waals surface area contributed by atoms with Crippen molar-refractivity contribution in [3.8, 4) is 0 Å². The maximum absolute atomic E-state index is 10.5. The fraction of sp³-hybridized carbons (Fsp3) is 0. The topological polar surface area (TPSA) is 54.4 Å². The van der Waals surface area contributed by atoms with E-state index in [1.807, 2.05) is 0 Å². The number of hydrogen-bond acceptors (Lipinski definition) is 2. The van der Waals surface area contributed by atoms with Crippen LogP contribution in [0.1, 0.15) is 0 Å². The van der Waals surface area contributed by atoms with E-state index in [2.05, 4.69) is 0 Å². The Balaban J connectivity index is 3.20. The summed E-state index contributed by atoms with van der Waals surface area (Å²) in [7, 11) is -4.00. The Morgan fingerprint density at radius 2 is 1.64 bits per heavy atom. The van der Waals surface area contributed by atoms with Crippen LogP contribution in [0.2, 0.25) is 0 Å². The molecule has 1 aromatic rings. The molecule has 0 aliphatic carbocycles. The van der Waals surface area contributed by atoms with Gasteiger partial charge in [-0.2, -0.15) is 0 Å². The van der Waals surface area contributed by atoms with Crippen molar-refractivity contribution in [2.24, 2.45) is 0 Å². The number of rotatable bonds is 1. The first-order valence-electron chi connectivity index (χ1n) is 2.89. The summed E-state index contributed by atoms with van der Waals surface area (Å²) in [6, 6.07) is 6.26. The van der Waals surface area contributed by atoms with Crippen LogP contribution >= 0.6 is 0 Å². The minimum atomic E-state index is -4.00. The van der Waals surface area contributed by atoms with E-state index in [9.17, 15) is 8.42 Å². The van der Waals surface area contributed by atoms with E-state index in [-0.39, 0.29) is 4.90 Å². The zero-order valence-corrected chi connectivity index (χ0v) is 12.0. The predicted octanol–water partition coefficient (Wildman–Crippen LogP) is 0.105. The summed E-state index contributed by atoms with van der Waals surface area (Å²) in [4.78, 5) is -0.0355. The van der Waals surface area contributed by atoms with Gasteiger partial charge in [-0.15, -0.1) is 0 Å². The van der Waals surface area contributed by atoms with E-state index in [0.717, 1.165) is 3.07 Å².